The summed E-state index contributed by atoms with van der Waals surface area (Å²) in [5, 5.41) is 3.41. The predicted octanol–water partition coefficient (Wildman–Crippen LogP) is 2.92. The highest BCUT2D eigenvalue weighted by atomic mass is 16.5. The lowest BCUT2D eigenvalue weighted by molar-refractivity contribution is 0.403. The normalized spacial score (nSPS) is 13.0. The van der Waals surface area contributed by atoms with Gasteiger partial charge in [0.1, 0.15) is 5.75 Å². The lowest BCUT2D eigenvalue weighted by atomic mass is 10.1. The number of benzene rings is 1. The third-order valence-corrected chi connectivity index (χ3v) is 2.38. The molecule has 2 nitrogen and oxygen atoms in total. The Morgan fingerprint density at radius 3 is 2.80 bits per heavy atom. The summed E-state index contributed by atoms with van der Waals surface area (Å²) in [4.78, 5) is 0. The summed E-state index contributed by atoms with van der Waals surface area (Å²) < 4.78 is 5.31. The number of para-hydroxylation sites is 1. The van der Waals surface area contributed by atoms with Crippen molar-refractivity contribution < 1.29 is 4.74 Å². The Morgan fingerprint density at radius 2 is 2.13 bits per heavy atom. The Labute approximate surface area is 92.0 Å². The first-order chi connectivity index (χ1) is 7.29. The maximum Gasteiger partial charge on any atom is 0.123 e. The molecule has 1 aromatic rings. The second kappa shape index (κ2) is 6.25. The second-order valence-corrected chi connectivity index (χ2v) is 3.44. The summed E-state index contributed by atoms with van der Waals surface area (Å²) in [6.07, 6.45) is 4.15. The molecule has 2 heteroatoms. The summed E-state index contributed by atoms with van der Waals surface area (Å²) in [6, 6.07) is 8.40. The van der Waals surface area contributed by atoms with Crippen molar-refractivity contribution in [3.05, 3.63) is 42.0 Å². The average Bonchev–Trinajstić information content (AvgIpc) is 2.29. The summed E-state index contributed by atoms with van der Waals surface area (Å²) in [6.45, 7) is 5.05. The van der Waals surface area contributed by atoms with Crippen molar-refractivity contribution in [3.8, 4) is 5.75 Å². The predicted molar refractivity (Wildman–Crippen MR) is 64.2 cm³/mol. The molecule has 15 heavy (non-hydrogen) atoms. The van der Waals surface area contributed by atoms with Crippen molar-refractivity contribution in [2.75, 3.05) is 13.7 Å². The molecule has 1 rings (SSSR count). The summed E-state index contributed by atoms with van der Waals surface area (Å²) in [5.41, 5.74) is 1.20. The van der Waals surface area contributed by atoms with E-state index in [9.17, 15) is 0 Å². The molecule has 0 heterocycles. The Balaban J connectivity index is 2.67. The van der Waals surface area contributed by atoms with E-state index in [2.05, 4.69) is 24.4 Å². The van der Waals surface area contributed by atoms with Crippen LogP contribution in [-0.2, 0) is 0 Å². The van der Waals surface area contributed by atoms with Crippen LogP contribution >= 0.6 is 0 Å². The summed E-state index contributed by atoms with van der Waals surface area (Å²) in [7, 11) is 1.71. The zero-order valence-electron chi connectivity index (χ0n) is 9.66. The lowest BCUT2D eigenvalue weighted by Gasteiger charge is -2.16. The van der Waals surface area contributed by atoms with Gasteiger partial charge in [-0.2, -0.15) is 0 Å². The van der Waals surface area contributed by atoms with Gasteiger partial charge in [0.15, 0.2) is 0 Å². The third-order valence-electron chi connectivity index (χ3n) is 2.38. The maximum atomic E-state index is 5.31. The van der Waals surface area contributed by atoms with Gasteiger partial charge >= 0.3 is 0 Å². The van der Waals surface area contributed by atoms with Crippen LogP contribution in [0.2, 0.25) is 0 Å². The van der Waals surface area contributed by atoms with Crippen LogP contribution in [0.25, 0.3) is 0 Å². The Bertz CT molecular complexity index is 320. The number of methoxy groups -OCH3 is 1. The number of nitrogens with one attached hydrogen (secondary N) is 1. The largest absolute Gasteiger partial charge is 0.496 e. The van der Waals surface area contributed by atoms with Crippen molar-refractivity contribution >= 4 is 0 Å². The van der Waals surface area contributed by atoms with E-state index < -0.39 is 0 Å². The zero-order chi connectivity index (χ0) is 11.1. The van der Waals surface area contributed by atoms with Gasteiger partial charge in [-0.05, 0) is 19.9 Å². The molecule has 0 saturated heterocycles. The van der Waals surface area contributed by atoms with Gasteiger partial charge in [-0.25, -0.2) is 0 Å². The van der Waals surface area contributed by atoms with Gasteiger partial charge in [-0.3, -0.25) is 0 Å². The van der Waals surface area contributed by atoms with Crippen molar-refractivity contribution in [1.29, 1.82) is 0 Å². The molecule has 0 amide bonds. The number of allylic oxidation sites excluding steroid dienone is 1. The Morgan fingerprint density at radius 1 is 1.40 bits per heavy atom. The maximum absolute atomic E-state index is 5.31. The van der Waals surface area contributed by atoms with Crippen LogP contribution in [0.15, 0.2) is 36.4 Å². The van der Waals surface area contributed by atoms with E-state index in [1.165, 1.54) is 5.56 Å². The first kappa shape index (κ1) is 11.8. The van der Waals surface area contributed by atoms with E-state index in [-0.39, 0.29) is 0 Å². The van der Waals surface area contributed by atoms with Crippen molar-refractivity contribution in [2.24, 2.45) is 0 Å². The van der Waals surface area contributed by atoms with E-state index >= 15 is 0 Å². The van der Waals surface area contributed by atoms with Crippen molar-refractivity contribution in [3.63, 3.8) is 0 Å². The molecule has 0 spiro atoms. The monoisotopic (exact) mass is 205 g/mol. The zero-order valence-corrected chi connectivity index (χ0v) is 9.66. The minimum absolute atomic E-state index is 0.303. The molecule has 0 aliphatic rings. The molecule has 0 radical (unpaired) electrons. The second-order valence-electron chi connectivity index (χ2n) is 3.44. The number of rotatable bonds is 5. The molecule has 0 saturated carbocycles. The smallest absolute Gasteiger partial charge is 0.123 e. The molecule has 0 fully saturated rings. The first-order valence-corrected chi connectivity index (χ1v) is 5.27. The number of ether oxygens (including phenoxy) is 1. The van der Waals surface area contributed by atoms with Gasteiger partial charge in [-0.1, -0.05) is 30.4 Å². The minimum atomic E-state index is 0.303. The van der Waals surface area contributed by atoms with Crippen molar-refractivity contribution in [1.82, 2.24) is 5.32 Å². The van der Waals surface area contributed by atoms with Gasteiger partial charge in [0.2, 0.25) is 0 Å². The molecule has 1 N–H and O–H groups in total. The van der Waals surface area contributed by atoms with Crippen LogP contribution in [0, 0.1) is 0 Å². The highest BCUT2D eigenvalue weighted by Crippen LogP contribution is 2.23. The van der Waals surface area contributed by atoms with E-state index in [1.807, 2.05) is 31.2 Å². The standard InChI is InChI=1S/C13H19NO/c1-4-5-10-14-11(2)12-8-6-7-9-13(12)15-3/h4-9,11,14H,10H2,1-3H3/b5-4+/t11-/m1/s1. The minimum Gasteiger partial charge on any atom is -0.496 e. The van der Waals surface area contributed by atoms with Gasteiger partial charge in [0.25, 0.3) is 0 Å². The van der Waals surface area contributed by atoms with Gasteiger partial charge < -0.3 is 10.1 Å². The first-order valence-electron chi connectivity index (χ1n) is 5.27. The molecule has 82 valence electrons. The molecule has 0 aromatic heterocycles. The molecule has 0 aliphatic heterocycles. The van der Waals surface area contributed by atoms with Gasteiger partial charge in [0, 0.05) is 18.2 Å². The SMILES string of the molecule is C/C=C/CN[C@H](C)c1ccccc1OC. The quantitative estimate of drug-likeness (QED) is 0.746. The Hall–Kier alpha value is -1.28. The fourth-order valence-corrected chi connectivity index (χ4v) is 1.50. The Kier molecular flexibility index (Phi) is 4.91. The van der Waals surface area contributed by atoms with Crippen LogP contribution in [0.4, 0.5) is 0 Å². The number of hydrogen-bond acceptors (Lipinski definition) is 2. The van der Waals surface area contributed by atoms with Crippen molar-refractivity contribution in [2.45, 2.75) is 19.9 Å². The molecular formula is C13H19NO. The highest BCUT2D eigenvalue weighted by molar-refractivity contribution is 5.35. The molecule has 1 atom stereocenters. The van der Waals surface area contributed by atoms with Gasteiger partial charge in [-0.15, -0.1) is 0 Å². The van der Waals surface area contributed by atoms with E-state index in [0.717, 1.165) is 12.3 Å². The fraction of sp³-hybridized carbons (Fsp3) is 0.385. The third kappa shape index (κ3) is 3.40. The van der Waals surface area contributed by atoms with Crippen LogP contribution in [0.3, 0.4) is 0 Å². The highest BCUT2D eigenvalue weighted by Gasteiger charge is 2.08. The van der Waals surface area contributed by atoms with E-state index in [1.54, 1.807) is 7.11 Å². The average molecular weight is 205 g/mol. The topological polar surface area (TPSA) is 21.3 Å². The molecule has 0 unspecified atom stereocenters. The summed E-state index contributed by atoms with van der Waals surface area (Å²) >= 11 is 0. The number of hydrogen-bond donors (Lipinski definition) is 1. The van der Waals surface area contributed by atoms with E-state index in [0.29, 0.717) is 6.04 Å². The lowest BCUT2D eigenvalue weighted by Crippen LogP contribution is -2.18. The molecule has 1 aromatic carbocycles. The molecular weight excluding hydrogens is 186 g/mol. The molecule has 0 bridgehead atoms. The van der Waals surface area contributed by atoms with Crippen LogP contribution in [-0.4, -0.2) is 13.7 Å². The summed E-state index contributed by atoms with van der Waals surface area (Å²) in [5.74, 6) is 0.943. The molecule has 0 aliphatic carbocycles. The van der Waals surface area contributed by atoms with Crippen LogP contribution in [0.5, 0.6) is 5.75 Å². The van der Waals surface area contributed by atoms with Crippen LogP contribution in [0.1, 0.15) is 25.5 Å². The van der Waals surface area contributed by atoms with Gasteiger partial charge in [0.05, 0.1) is 7.11 Å². The fourth-order valence-electron chi connectivity index (χ4n) is 1.50. The van der Waals surface area contributed by atoms with E-state index in [4.69, 9.17) is 4.74 Å². The van der Waals surface area contributed by atoms with Crippen LogP contribution < -0.4 is 10.1 Å².